The standard InChI is InChI=1S/C8H11N3O/c9-7-3-1-6(2-4-7)8(12)5-11-10/h1-4,11H,5,9-10H2. The molecule has 0 aliphatic rings. The van der Waals surface area contributed by atoms with Gasteiger partial charge in [0.25, 0.3) is 0 Å². The van der Waals surface area contributed by atoms with E-state index < -0.39 is 0 Å². The molecule has 1 aromatic rings. The molecule has 12 heavy (non-hydrogen) atoms. The van der Waals surface area contributed by atoms with Crippen molar-refractivity contribution in [3.63, 3.8) is 0 Å². The topological polar surface area (TPSA) is 81.1 Å². The molecule has 0 saturated heterocycles. The monoisotopic (exact) mass is 165 g/mol. The molecule has 0 aliphatic carbocycles. The molecular weight excluding hydrogens is 154 g/mol. The highest BCUT2D eigenvalue weighted by atomic mass is 16.1. The summed E-state index contributed by atoms with van der Waals surface area (Å²) in [5.41, 5.74) is 9.01. The lowest BCUT2D eigenvalue weighted by atomic mass is 10.1. The summed E-state index contributed by atoms with van der Waals surface area (Å²) in [6, 6.07) is 6.72. The normalized spacial score (nSPS) is 9.75. The van der Waals surface area contributed by atoms with Crippen LogP contribution in [0.5, 0.6) is 0 Å². The van der Waals surface area contributed by atoms with Gasteiger partial charge in [0.2, 0.25) is 0 Å². The van der Waals surface area contributed by atoms with E-state index >= 15 is 0 Å². The first kappa shape index (κ1) is 8.70. The number of rotatable bonds is 3. The summed E-state index contributed by atoms with van der Waals surface area (Å²) in [6.45, 7) is 0.143. The van der Waals surface area contributed by atoms with Crippen LogP contribution < -0.4 is 17.0 Å². The number of hydrazine groups is 1. The highest BCUT2D eigenvalue weighted by Gasteiger charge is 2.02. The van der Waals surface area contributed by atoms with E-state index in [4.69, 9.17) is 11.6 Å². The van der Waals surface area contributed by atoms with E-state index in [2.05, 4.69) is 5.43 Å². The second-order valence-corrected chi connectivity index (χ2v) is 2.43. The molecule has 0 aromatic heterocycles. The Morgan fingerprint density at radius 2 is 1.92 bits per heavy atom. The fourth-order valence-electron chi connectivity index (χ4n) is 0.864. The summed E-state index contributed by atoms with van der Waals surface area (Å²) in [5, 5.41) is 0. The van der Waals surface area contributed by atoms with E-state index in [1.807, 2.05) is 0 Å². The number of nitrogen functional groups attached to an aromatic ring is 1. The third-order valence-corrected chi connectivity index (χ3v) is 1.50. The number of benzene rings is 1. The van der Waals surface area contributed by atoms with Crippen molar-refractivity contribution < 1.29 is 4.79 Å². The maximum atomic E-state index is 11.2. The van der Waals surface area contributed by atoms with E-state index in [0.29, 0.717) is 11.3 Å². The van der Waals surface area contributed by atoms with Crippen LogP contribution >= 0.6 is 0 Å². The minimum absolute atomic E-state index is 0.0440. The molecule has 0 saturated carbocycles. The second kappa shape index (κ2) is 3.85. The molecule has 0 unspecified atom stereocenters. The van der Waals surface area contributed by atoms with Crippen LogP contribution in [-0.2, 0) is 0 Å². The minimum atomic E-state index is -0.0440. The van der Waals surface area contributed by atoms with Crippen LogP contribution in [0.15, 0.2) is 24.3 Å². The largest absolute Gasteiger partial charge is 0.399 e. The molecule has 0 aliphatic heterocycles. The van der Waals surface area contributed by atoms with Crippen LogP contribution in [0.1, 0.15) is 10.4 Å². The number of anilines is 1. The molecule has 0 bridgehead atoms. The van der Waals surface area contributed by atoms with Gasteiger partial charge in [-0.05, 0) is 24.3 Å². The van der Waals surface area contributed by atoms with Gasteiger partial charge >= 0.3 is 0 Å². The predicted molar refractivity (Wildman–Crippen MR) is 47.4 cm³/mol. The van der Waals surface area contributed by atoms with Crippen molar-refractivity contribution in [3.05, 3.63) is 29.8 Å². The smallest absolute Gasteiger partial charge is 0.177 e. The number of carbonyl (C=O) groups is 1. The average Bonchev–Trinajstić information content (AvgIpc) is 2.06. The third-order valence-electron chi connectivity index (χ3n) is 1.50. The molecule has 0 heterocycles. The number of nitrogens with two attached hydrogens (primary N) is 2. The molecule has 0 radical (unpaired) electrons. The first-order chi connectivity index (χ1) is 5.74. The van der Waals surface area contributed by atoms with Gasteiger partial charge in [-0.1, -0.05) is 0 Å². The van der Waals surface area contributed by atoms with Crippen molar-refractivity contribution in [1.82, 2.24) is 5.43 Å². The first-order valence-electron chi connectivity index (χ1n) is 3.56. The Morgan fingerprint density at radius 1 is 1.33 bits per heavy atom. The number of hydrogen-bond acceptors (Lipinski definition) is 4. The Balaban J connectivity index is 2.75. The predicted octanol–water partition coefficient (Wildman–Crippen LogP) is -0.0852. The van der Waals surface area contributed by atoms with Gasteiger partial charge in [-0.2, -0.15) is 0 Å². The molecule has 0 spiro atoms. The van der Waals surface area contributed by atoms with Crippen LogP contribution in [0.3, 0.4) is 0 Å². The third kappa shape index (κ3) is 2.05. The van der Waals surface area contributed by atoms with Crippen molar-refractivity contribution in [2.75, 3.05) is 12.3 Å². The Labute approximate surface area is 70.5 Å². The molecular formula is C8H11N3O. The Kier molecular flexibility index (Phi) is 2.79. The van der Waals surface area contributed by atoms with Gasteiger partial charge in [-0.3, -0.25) is 16.1 Å². The number of carbonyl (C=O) groups excluding carboxylic acids is 1. The second-order valence-electron chi connectivity index (χ2n) is 2.43. The highest BCUT2D eigenvalue weighted by Crippen LogP contribution is 2.05. The molecule has 1 rings (SSSR count). The number of ketones is 1. The fourth-order valence-corrected chi connectivity index (χ4v) is 0.864. The summed E-state index contributed by atoms with van der Waals surface area (Å²) in [7, 11) is 0. The van der Waals surface area contributed by atoms with E-state index in [9.17, 15) is 4.79 Å². The molecule has 1 aromatic carbocycles. The Bertz CT molecular complexity index is 268. The molecule has 5 N–H and O–H groups in total. The van der Waals surface area contributed by atoms with Crippen molar-refractivity contribution in [1.29, 1.82) is 0 Å². The van der Waals surface area contributed by atoms with Gasteiger partial charge in [-0.15, -0.1) is 0 Å². The molecule has 4 heteroatoms. The Hall–Kier alpha value is -1.39. The zero-order chi connectivity index (χ0) is 8.97. The number of Topliss-reactive ketones (excluding diaryl/α,β-unsaturated/α-hetero) is 1. The number of nitrogens with one attached hydrogen (secondary N) is 1. The van der Waals surface area contributed by atoms with Crippen molar-refractivity contribution >= 4 is 11.5 Å². The lowest BCUT2D eigenvalue weighted by Crippen LogP contribution is -2.28. The van der Waals surface area contributed by atoms with Crippen LogP contribution in [0.2, 0.25) is 0 Å². The van der Waals surface area contributed by atoms with Crippen molar-refractivity contribution in [3.8, 4) is 0 Å². The molecule has 4 nitrogen and oxygen atoms in total. The average molecular weight is 165 g/mol. The van der Waals surface area contributed by atoms with E-state index in [0.717, 1.165) is 0 Å². The lowest BCUT2D eigenvalue weighted by molar-refractivity contribution is 0.0991. The maximum absolute atomic E-state index is 11.2. The maximum Gasteiger partial charge on any atom is 0.177 e. The summed E-state index contributed by atoms with van der Waals surface area (Å²) in [5.74, 6) is 4.96. The SMILES string of the molecule is NNCC(=O)c1ccc(N)cc1. The van der Waals surface area contributed by atoms with Crippen LogP contribution in [0.4, 0.5) is 5.69 Å². The van der Waals surface area contributed by atoms with E-state index in [1.54, 1.807) is 24.3 Å². The summed E-state index contributed by atoms with van der Waals surface area (Å²) >= 11 is 0. The fraction of sp³-hybridized carbons (Fsp3) is 0.125. The first-order valence-corrected chi connectivity index (χ1v) is 3.56. The van der Waals surface area contributed by atoms with Gasteiger partial charge in [0.05, 0.1) is 6.54 Å². The van der Waals surface area contributed by atoms with Gasteiger partial charge in [-0.25, -0.2) is 0 Å². The van der Waals surface area contributed by atoms with Crippen LogP contribution in [-0.4, -0.2) is 12.3 Å². The van der Waals surface area contributed by atoms with Gasteiger partial charge in [0.15, 0.2) is 5.78 Å². The van der Waals surface area contributed by atoms with E-state index in [-0.39, 0.29) is 12.3 Å². The molecule has 0 fully saturated rings. The summed E-state index contributed by atoms with van der Waals surface area (Å²) in [4.78, 5) is 11.2. The Morgan fingerprint density at radius 3 is 2.42 bits per heavy atom. The van der Waals surface area contributed by atoms with Gasteiger partial charge in [0.1, 0.15) is 0 Å². The number of hydrogen-bond donors (Lipinski definition) is 3. The van der Waals surface area contributed by atoms with Crippen molar-refractivity contribution in [2.45, 2.75) is 0 Å². The lowest BCUT2D eigenvalue weighted by Gasteiger charge is -1.99. The molecule has 0 atom stereocenters. The van der Waals surface area contributed by atoms with Gasteiger partial charge in [0, 0.05) is 11.3 Å². The van der Waals surface area contributed by atoms with Crippen LogP contribution in [0.25, 0.3) is 0 Å². The molecule has 64 valence electrons. The zero-order valence-electron chi connectivity index (χ0n) is 6.58. The summed E-state index contributed by atoms with van der Waals surface area (Å²) in [6.07, 6.45) is 0. The zero-order valence-corrected chi connectivity index (χ0v) is 6.58. The van der Waals surface area contributed by atoms with Gasteiger partial charge < -0.3 is 5.73 Å². The minimum Gasteiger partial charge on any atom is -0.399 e. The molecule has 0 amide bonds. The van der Waals surface area contributed by atoms with Crippen LogP contribution in [0, 0.1) is 0 Å². The summed E-state index contributed by atoms with van der Waals surface area (Å²) < 4.78 is 0. The quantitative estimate of drug-likeness (QED) is 0.253. The van der Waals surface area contributed by atoms with E-state index in [1.165, 1.54) is 0 Å². The van der Waals surface area contributed by atoms with Crippen molar-refractivity contribution in [2.24, 2.45) is 5.84 Å². The highest BCUT2D eigenvalue weighted by molar-refractivity contribution is 5.97.